The Labute approximate surface area is 147 Å². The second-order valence-electron chi connectivity index (χ2n) is 5.92. The Bertz CT molecular complexity index is 777. The maximum absolute atomic E-state index is 13.0. The van der Waals surface area contributed by atoms with Crippen molar-refractivity contribution < 1.29 is 14.3 Å². The van der Waals surface area contributed by atoms with Crippen LogP contribution in [-0.4, -0.2) is 31.0 Å². The van der Waals surface area contributed by atoms with Crippen LogP contribution in [0.25, 0.3) is 0 Å². The predicted octanol–water partition coefficient (Wildman–Crippen LogP) is 3.31. The van der Waals surface area contributed by atoms with Crippen molar-refractivity contribution in [2.24, 2.45) is 0 Å². The van der Waals surface area contributed by atoms with E-state index < -0.39 is 6.10 Å². The number of nitriles is 1. The van der Waals surface area contributed by atoms with Crippen molar-refractivity contribution in [3.05, 3.63) is 59.7 Å². The molecule has 0 aliphatic carbocycles. The van der Waals surface area contributed by atoms with Gasteiger partial charge in [-0.15, -0.1) is 0 Å². The molecule has 25 heavy (non-hydrogen) atoms. The molecule has 5 nitrogen and oxygen atoms in total. The van der Waals surface area contributed by atoms with Gasteiger partial charge < -0.3 is 14.4 Å². The summed E-state index contributed by atoms with van der Waals surface area (Å²) in [6.45, 7) is 1.52. The van der Waals surface area contributed by atoms with Crippen LogP contribution in [0.1, 0.15) is 30.1 Å². The molecular weight excluding hydrogens is 316 g/mol. The van der Waals surface area contributed by atoms with Crippen LogP contribution < -0.4 is 9.47 Å². The maximum Gasteiger partial charge on any atom is 0.268 e. The zero-order chi connectivity index (χ0) is 17.6. The molecule has 0 spiro atoms. The summed E-state index contributed by atoms with van der Waals surface area (Å²) in [7, 11) is 1.52. The van der Waals surface area contributed by atoms with Gasteiger partial charge in [0.1, 0.15) is 0 Å². The topological polar surface area (TPSA) is 62.6 Å². The molecule has 1 fully saturated rings. The van der Waals surface area contributed by atoms with Crippen LogP contribution in [0.4, 0.5) is 0 Å². The largest absolute Gasteiger partial charge is 0.493 e. The van der Waals surface area contributed by atoms with Gasteiger partial charge >= 0.3 is 0 Å². The lowest BCUT2D eigenvalue weighted by molar-refractivity contribution is -0.138. The zero-order valence-corrected chi connectivity index (χ0v) is 14.1. The third-order valence-corrected chi connectivity index (χ3v) is 4.28. The Kier molecular flexibility index (Phi) is 5.20. The fraction of sp³-hybridized carbons (Fsp3) is 0.300. The van der Waals surface area contributed by atoms with Gasteiger partial charge in [-0.1, -0.05) is 30.3 Å². The number of benzene rings is 2. The number of hydrogen-bond donors (Lipinski definition) is 0. The van der Waals surface area contributed by atoms with E-state index in [-0.39, 0.29) is 5.91 Å². The number of hydrogen-bond acceptors (Lipinski definition) is 4. The fourth-order valence-electron chi connectivity index (χ4n) is 2.95. The fourth-order valence-corrected chi connectivity index (χ4v) is 2.95. The van der Waals surface area contributed by atoms with Crippen LogP contribution in [0.15, 0.2) is 48.5 Å². The molecule has 0 N–H and O–H groups in total. The summed E-state index contributed by atoms with van der Waals surface area (Å²) >= 11 is 0. The quantitative estimate of drug-likeness (QED) is 0.840. The molecule has 2 aromatic rings. The van der Waals surface area contributed by atoms with Crippen LogP contribution >= 0.6 is 0 Å². The Balaban J connectivity index is 1.93. The van der Waals surface area contributed by atoms with Crippen LogP contribution in [-0.2, 0) is 4.79 Å². The van der Waals surface area contributed by atoms with Gasteiger partial charge in [-0.3, -0.25) is 4.79 Å². The molecule has 2 aromatic carbocycles. The van der Waals surface area contributed by atoms with Crippen molar-refractivity contribution in [2.75, 3.05) is 20.2 Å². The van der Waals surface area contributed by atoms with Crippen molar-refractivity contribution >= 4 is 5.91 Å². The highest BCUT2D eigenvalue weighted by atomic mass is 16.5. The Morgan fingerprint density at radius 3 is 2.48 bits per heavy atom. The molecule has 3 rings (SSSR count). The number of nitrogens with zero attached hydrogens (tertiary/aromatic N) is 2. The summed E-state index contributed by atoms with van der Waals surface area (Å²) in [5.41, 5.74) is 1.28. The van der Waals surface area contributed by atoms with Crippen molar-refractivity contribution in [3.63, 3.8) is 0 Å². The highest BCUT2D eigenvalue weighted by Crippen LogP contribution is 2.33. The van der Waals surface area contributed by atoms with Gasteiger partial charge in [0, 0.05) is 24.7 Å². The van der Waals surface area contributed by atoms with Crippen molar-refractivity contribution in [1.82, 2.24) is 4.90 Å². The van der Waals surface area contributed by atoms with Gasteiger partial charge in [0.05, 0.1) is 18.7 Å². The third kappa shape index (κ3) is 3.74. The van der Waals surface area contributed by atoms with Crippen molar-refractivity contribution in [1.29, 1.82) is 5.26 Å². The molecule has 0 saturated carbocycles. The minimum atomic E-state index is -0.735. The second-order valence-corrected chi connectivity index (χ2v) is 5.92. The zero-order valence-electron chi connectivity index (χ0n) is 14.1. The molecular formula is C20H20N2O3. The lowest BCUT2D eigenvalue weighted by Gasteiger charge is -2.25. The van der Waals surface area contributed by atoms with Crippen molar-refractivity contribution in [2.45, 2.75) is 18.9 Å². The average Bonchev–Trinajstić information content (AvgIpc) is 3.21. The smallest absolute Gasteiger partial charge is 0.268 e. The molecule has 0 aromatic heterocycles. The first-order valence-corrected chi connectivity index (χ1v) is 8.31. The predicted molar refractivity (Wildman–Crippen MR) is 93.3 cm³/mol. The first kappa shape index (κ1) is 16.8. The highest BCUT2D eigenvalue weighted by Gasteiger charge is 2.30. The van der Waals surface area contributed by atoms with E-state index in [1.165, 1.54) is 7.11 Å². The number of ether oxygens (including phenoxy) is 2. The molecule has 1 heterocycles. The van der Waals surface area contributed by atoms with E-state index in [2.05, 4.69) is 6.07 Å². The molecule has 1 atom stereocenters. The minimum Gasteiger partial charge on any atom is -0.493 e. The molecule has 128 valence electrons. The van der Waals surface area contributed by atoms with E-state index in [0.29, 0.717) is 17.1 Å². The molecule has 1 amide bonds. The van der Waals surface area contributed by atoms with E-state index in [1.54, 1.807) is 18.2 Å². The lowest BCUT2D eigenvalue weighted by atomic mass is 10.1. The number of carbonyl (C=O) groups is 1. The number of amides is 1. The molecule has 1 aliphatic rings. The number of carbonyl (C=O) groups excluding carboxylic acids is 1. The van der Waals surface area contributed by atoms with Gasteiger partial charge in [0.25, 0.3) is 5.91 Å². The van der Waals surface area contributed by atoms with Gasteiger partial charge in [0.15, 0.2) is 11.5 Å². The maximum atomic E-state index is 13.0. The van der Waals surface area contributed by atoms with E-state index >= 15 is 0 Å². The molecule has 1 saturated heterocycles. The first-order valence-electron chi connectivity index (χ1n) is 8.31. The first-order chi connectivity index (χ1) is 12.2. The van der Waals surface area contributed by atoms with E-state index in [9.17, 15) is 4.79 Å². The van der Waals surface area contributed by atoms with Gasteiger partial charge in [-0.2, -0.15) is 5.26 Å². The average molecular weight is 336 g/mol. The standard InChI is InChI=1S/C20H20N2O3/c1-24-18-13-15(14-21)9-10-17(18)25-19(16-7-3-2-4-8-16)20(23)22-11-5-6-12-22/h2-4,7-10,13,19H,5-6,11-12H2,1H3/t19-/m1/s1. The Hall–Kier alpha value is -3.00. The lowest BCUT2D eigenvalue weighted by Crippen LogP contribution is -2.35. The van der Waals surface area contributed by atoms with Crippen LogP contribution in [0.2, 0.25) is 0 Å². The summed E-state index contributed by atoms with van der Waals surface area (Å²) in [6.07, 6.45) is 1.31. The number of likely N-dealkylation sites (tertiary alicyclic amines) is 1. The summed E-state index contributed by atoms with van der Waals surface area (Å²) in [4.78, 5) is 14.8. The molecule has 0 bridgehead atoms. The normalized spacial score (nSPS) is 14.6. The minimum absolute atomic E-state index is 0.0462. The number of methoxy groups -OCH3 is 1. The molecule has 0 unspecified atom stereocenters. The third-order valence-electron chi connectivity index (χ3n) is 4.28. The molecule has 5 heteroatoms. The van der Waals surface area contributed by atoms with Crippen LogP contribution in [0, 0.1) is 11.3 Å². The summed E-state index contributed by atoms with van der Waals surface area (Å²) < 4.78 is 11.4. The van der Waals surface area contributed by atoms with Crippen LogP contribution in [0.3, 0.4) is 0 Å². The van der Waals surface area contributed by atoms with Gasteiger partial charge in [-0.05, 0) is 25.0 Å². The van der Waals surface area contributed by atoms with Crippen LogP contribution in [0.5, 0.6) is 11.5 Å². The molecule has 0 radical (unpaired) electrons. The monoisotopic (exact) mass is 336 g/mol. The Morgan fingerprint density at radius 2 is 1.84 bits per heavy atom. The summed E-state index contributed by atoms with van der Waals surface area (Å²) in [5.74, 6) is 0.840. The number of rotatable bonds is 5. The SMILES string of the molecule is COc1cc(C#N)ccc1O[C@@H](C(=O)N1CCCC1)c1ccccc1. The molecule has 1 aliphatic heterocycles. The van der Waals surface area contributed by atoms with Gasteiger partial charge in [-0.25, -0.2) is 0 Å². The van der Waals surface area contributed by atoms with E-state index in [4.69, 9.17) is 14.7 Å². The van der Waals surface area contributed by atoms with Crippen molar-refractivity contribution in [3.8, 4) is 17.6 Å². The van der Waals surface area contributed by atoms with E-state index in [0.717, 1.165) is 31.5 Å². The van der Waals surface area contributed by atoms with Gasteiger partial charge in [0.2, 0.25) is 6.10 Å². The highest BCUT2D eigenvalue weighted by molar-refractivity contribution is 5.83. The Morgan fingerprint density at radius 1 is 1.12 bits per heavy atom. The summed E-state index contributed by atoms with van der Waals surface area (Å²) in [5, 5.41) is 9.03. The summed E-state index contributed by atoms with van der Waals surface area (Å²) in [6, 6.07) is 16.5. The second kappa shape index (κ2) is 7.71. The van der Waals surface area contributed by atoms with E-state index in [1.807, 2.05) is 35.2 Å².